The van der Waals surface area contributed by atoms with Crippen molar-refractivity contribution in [2.24, 2.45) is 5.92 Å². The number of carbonyl (C=O) groups is 2. The summed E-state index contributed by atoms with van der Waals surface area (Å²) in [5, 5.41) is 16.7. The van der Waals surface area contributed by atoms with Crippen LogP contribution in [0.15, 0.2) is 36.4 Å². The number of nitrogens with zero attached hydrogens (tertiary/aromatic N) is 3. The number of hydrogen-bond acceptors (Lipinski definition) is 5. The molecular formula is C21H21ClN4O3. The zero-order valence-corrected chi connectivity index (χ0v) is 16.9. The summed E-state index contributed by atoms with van der Waals surface area (Å²) in [7, 11) is 0. The number of rotatable bonds is 7. The van der Waals surface area contributed by atoms with Gasteiger partial charge in [-0.25, -0.2) is 9.48 Å². The van der Waals surface area contributed by atoms with Gasteiger partial charge in [-0.05, 0) is 50.8 Å². The van der Waals surface area contributed by atoms with Gasteiger partial charge in [-0.15, -0.1) is 0 Å². The van der Waals surface area contributed by atoms with Crippen molar-refractivity contribution in [2.45, 2.75) is 32.2 Å². The predicted octanol–water partition coefficient (Wildman–Crippen LogP) is 3.20. The molecule has 0 bridgehead atoms. The van der Waals surface area contributed by atoms with E-state index < -0.39 is 24.0 Å². The lowest BCUT2D eigenvalue weighted by Gasteiger charge is -2.22. The van der Waals surface area contributed by atoms with Crippen molar-refractivity contribution in [3.8, 4) is 11.8 Å². The van der Waals surface area contributed by atoms with Crippen LogP contribution in [0.4, 0.5) is 0 Å². The molecule has 150 valence electrons. The summed E-state index contributed by atoms with van der Waals surface area (Å²) in [5.74, 6) is -1.04. The fourth-order valence-corrected chi connectivity index (χ4v) is 3.32. The molecule has 0 radical (unpaired) electrons. The number of nitrogens with one attached hydrogen (secondary N) is 1. The predicted molar refractivity (Wildman–Crippen MR) is 108 cm³/mol. The highest BCUT2D eigenvalue weighted by Gasteiger charge is 2.43. The maximum atomic E-state index is 12.0. The lowest BCUT2D eigenvalue weighted by atomic mass is 9.98. The van der Waals surface area contributed by atoms with E-state index >= 15 is 0 Å². The number of nitriles is 1. The van der Waals surface area contributed by atoms with E-state index in [1.807, 2.05) is 30.3 Å². The van der Waals surface area contributed by atoms with Crippen molar-refractivity contribution in [1.82, 2.24) is 15.1 Å². The number of aromatic nitrogens is 2. The Bertz CT molecular complexity index is 989. The Labute approximate surface area is 173 Å². The molecule has 7 nitrogen and oxygen atoms in total. The van der Waals surface area contributed by atoms with E-state index in [2.05, 4.69) is 16.5 Å². The van der Waals surface area contributed by atoms with Gasteiger partial charge in [0, 0.05) is 11.6 Å². The van der Waals surface area contributed by atoms with Crippen molar-refractivity contribution < 1.29 is 14.3 Å². The van der Waals surface area contributed by atoms with E-state index in [-0.39, 0.29) is 5.92 Å². The Kier molecular flexibility index (Phi) is 6.04. The minimum Gasteiger partial charge on any atom is -0.452 e. The number of esters is 1. The second kappa shape index (κ2) is 8.50. The maximum Gasteiger partial charge on any atom is 0.331 e. The zero-order chi connectivity index (χ0) is 21.0. The van der Waals surface area contributed by atoms with Gasteiger partial charge >= 0.3 is 5.97 Å². The van der Waals surface area contributed by atoms with Crippen molar-refractivity contribution in [3.05, 3.63) is 52.8 Å². The van der Waals surface area contributed by atoms with Crippen LogP contribution in [0, 0.1) is 24.2 Å². The first-order chi connectivity index (χ1) is 13.8. The third-order valence-electron chi connectivity index (χ3n) is 4.81. The molecule has 0 unspecified atom stereocenters. The van der Waals surface area contributed by atoms with E-state index in [1.165, 1.54) is 12.2 Å². The molecule has 1 heterocycles. The topological polar surface area (TPSA) is 97.0 Å². The lowest BCUT2D eigenvalue weighted by molar-refractivity contribution is -0.144. The second-order valence-corrected chi connectivity index (χ2v) is 7.47. The van der Waals surface area contributed by atoms with Crippen LogP contribution >= 0.6 is 11.6 Å². The fourth-order valence-electron chi connectivity index (χ4n) is 2.98. The number of para-hydroxylation sites is 1. The highest BCUT2D eigenvalue weighted by molar-refractivity contribution is 6.31. The van der Waals surface area contributed by atoms with E-state index in [1.54, 1.807) is 18.5 Å². The zero-order valence-electron chi connectivity index (χ0n) is 16.2. The third-order valence-corrected chi connectivity index (χ3v) is 5.17. The minimum atomic E-state index is -0.921. The number of hydrogen-bond donors (Lipinski definition) is 1. The molecule has 1 fully saturated rings. The average molecular weight is 413 g/mol. The molecule has 1 aromatic heterocycles. The second-order valence-electron chi connectivity index (χ2n) is 7.11. The van der Waals surface area contributed by atoms with Gasteiger partial charge in [0.2, 0.25) is 0 Å². The normalized spacial score (nSPS) is 15.5. The Morgan fingerprint density at radius 2 is 2.10 bits per heavy atom. The molecule has 1 saturated carbocycles. The van der Waals surface area contributed by atoms with Crippen molar-refractivity contribution in [3.63, 3.8) is 0 Å². The molecule has 1 N–H and O–H groups in total. The molecule has 2 aromatic rings. The summed E-state index contributed by atoms with van der Waals surface area (Å²) in [6.45, 7) is 3.01. The van der Waals surface area contributed by atoms with E-state index in [4.69, 9.17) is 16.3 Å². The number of ether oxygens (including phenoxy) is 1. The first kappa shape index (κ1) is 20.6. The Balaban J connectivity index is 1.59. The standard InChI is InChI=1S/C21H21ClN4O3/c1-14-17(20(22)26(25-14)16-6-4-3-5-7-16)10-11-19(28)29-12-18(27)24-21(2,13-23)15-8-9-15/h3-7,10-11,15H,8-9,12H2,1-2H3,(H,24,27)/b11-10+/t21-/m0/s1. The molecule has 1 atom stereocenters. The first-order valence-electron chi connectivity index (χ1n) is 9.21. The van der Waals surface area contributed by atoms with Gasteiger partial charge in [-0.2, -0.15) is 10.4 Å². The number of aryl methyl sites for hydroxylation is 1. The van der Waals surface area contributed by atoms with Crippen LogP contribution < -0.4 is 5.32 Å². The smallest absolute Gasteiger partial charge is 0.331 e. The van der Waals surface area contributed by atoms with Gasteiger partial charge in [-0.3, -0.25) is 4.79 Å². The molecule has 8 heteroatoms. The van der Waals surface area contributed by atoms with Gasteiger partial charge in [0.1, 0.15) is 10.7 Å². The monoisotopic (exact) mass is 412 g/mol. The quantitative estimate of drug-likeness (QED) is 0.556. The van der Waals surface area contributed by atoms with Crippen LogP contribution in [-0.4, -0.2) is 33.8 Å². The van der Waals surface area contributed by atoms with Crippen molar-refractivity contribution in [2.75, 3.05) is 6.61 Å². The summed E-state index contributed by atoms with van der Waals surface area (Å²) in [4.78, 5) is 24.0. The largest absolute Gasteiger partial charge is 0.452 e. The SMILES string of the molecule is Cc1nn(-c2ccccc2)c(Cl)c1/C=C/C(=O)OCC(=O)N[C@@](C)(C#N)C1CC1. The molecule has 1 aliphatic carbocycles. The van der Waals surface area contributed by atoms with E-state index in [9.17, 15) is 14.9 Å². The van der Waals surface area contributed by atoms with Gasteiger partial charge in [0.05, 0.1) is 17.5 Å². The molecule has 0 spiro atoms. The van der Waals surface area contributed by atoms with Crippen LogP contribution in [-0.2, 0) is 14.3 Å². The van der Waals surface area contributed by atoms with Gasteiger partial charge < -0.3 is 10.1 Å². The molecule has 0 saturated heterocycles. The molecule has 0 aliphatic heterocycles. The van der Waals surface area contributed by atoms with Crippen molar-refractivity contribution >= 4 is 29.6 Å². The minimum absolute atomic E-state index is 0.151. The van der Waals surface area contributed by atoms with Crippen LogP contribution in [0.1, 0.15) is 31.0 Å². The van der Waals surface area contributed by atoms with Gasteiger partial charge in [0.25, 0.3) is 5.91 Å². The fraction of sp³-hybridized carbons (Fsp3) is 0.333. The van der Waals surface area contributed by atoms with Crippen LogP contribution in [0.2, 0.25) is 5.15 Å². The highest BCUT2D eigenvalue weighted by atomic mass is 35.5. The Hall–Kier alpha value is -3.11. The van der Waals surface area contributed by atoms with Gasteiger partial charge in [-0.1, -0.05) is 29.8 Å². The van der Waals surface area contributed by atoms with Crippen molar-refractivity contribution in [1.29, 1.82) is 5.26 Å². The molecule has 29 heavy (non-hydrogen) atoms. The summed E-state index contributed by atoms with van der Waals surface area (Å²) < 4.78 is 6.55. The Morgan fingerprint density at radius 1 is 1.41 bits per heavy atom. The summed E-state index contributed by atoms with van der Waals surface area (Å²) >= 11 is 6.40. The molecule has 1 aromatic carbocycles. The summed E-state index contributed by atoms with van der Waals surface area (Å²) in [6.07, 6.45) is 4.52. The lowest BCUT2D eigenvalue weighted by Crippen LogP contribution is -2.48. The third kappa shape index (κ3) is 4.84. The van der Waals surface area contributed by atoms with Crippen LogP contribution in [0.3, 0.4) is 0 Å². The Morgan fingerprint density at radius 3 is 2.72 bits per heavy atom. The highest BCUT2D eigenvalue weighted by Crippen LogP contribution is 2.39. The molecular weight excluding hydrogens is 392 g/mol. The van der Waals surface area contributed by atoms with Gasteiger partial charge in [0.15, 0.2) is 6.61 Å². The van der Waals surface area contributed by atoms with Crippen LogP contribution in [0.25, 0.3) is 11.8 Å². The maximum absolute atomic E-state index is 12.0. The number of carbonyl (C=O) groups excluding carboxylic acids is 2. The first-order valence-corrected chi connectivity index (χ1v) is 9.59. The van der Waals surface area contributed by atoms with E-state index in [0.29, 0.717) is 16.4 Å². The molecule has 1 aliphatic rings. The summed E-state index contributed by atoms with van der Waals surface area (Å²) in [5.41, 5.74) is 1.11. The average Bonchev–Trinajstić information content (AvgIpc) is 3.53. The summed E-state index contributed by atoms with van der Waals surface area (Å²) in [6, 6.07) is 11.5. The number of benzene rings is 1. The number of amides is 1. The van der Waals surface area contributed by atoms with E-state index in [0.717, 1.165) is 18.5 Å². The molecule has 3 rings (SSSR count). The number of halogens is 1. The van der Waals surface area contributed by atoms with Crippen LogP contribution in [0.5, 0.6) is 0 Å². The molecule has 1 amide bonds.